The molecule has 2 aromatic rings. The Kier molecular flexibility index (Phi) is 6.92. The lowest BCUT2D eigenvalue weighted by atomic mass is 10.0. The van der Waals surface area contributed by atoms with Crippen molar-refractivity contribution in [3.8, 4) is 0 Å². The molecule has 0 fully saturated rings. The van der Waals surface area contributed by atoms with E-state index >= 15 is 0 Å². The summed E-state index contributed by atoms with van der Waals surface area (Å²) in [5.41, 5.74) is 5.39. The van der Waals surface area contributed by atoms with E-state index in [1.54, 1.807) is 17.8 Å². The maximum atomic E-state index is 14.0. The third-order valence-corrected chi connectivity index (χ3v) is 5.91. The molecule has 0 atom stereocenters. The first-order chi connectivity index (χ1) is 14.6. The van der Waals surface area contributed by atoms with E-state index in [9.17, 15) is 14.4 Å². The number of thioether (sulfide) groups is 1. The SMILES string of the molecule is CSc1ccc(/C=C2/C(C)=C(CCN(O)C(=O)NC(C)(C)C)c3cc(F)ccc32)cc1. The Morgan fingerprint density at radius 1 is 1.16 bits per heavy atom. The molecular weight excluding hydrogens is 411 g/mol. The summed E-state index contributed by atoms with van der Waals surface area (Å²) in [7, 11) is 0. The Balaban J connectivity index is 1.89. The van der Waals surface area contributed by atoms with Gasteiger partial charge >= 0.3 is 6.03 Å². The van der Waals surface area contributed by atoms with Gasteiger partial charge in [0.15, 0.2) is 0 Å². The van der Waals surface area contributed by atoms with Gasteiger partial charge in [0, 0.05) is 10.4 Å². The van der Waals surface area contributed by atoms with Crippen molar-refractivity contribution < 1.29 is 14.4 Å². The van der Waals surface area contributed by atoms with Gasteiger partial charge in [0.2, 0.25) is 0 Å². The third kappa shape index (κ3) is 5.57. The number of carbonyl (C=O) groups excluding carboxylic acids is 1. The molecule has 2 aromatic carbocycles. The molecule has 0 saturated heterocycles. The standard InChI is InChI=1S/C25H29FN2O2S/c1-16-20(12-13-28(30)24(29)27-25(2,3)4)23-15-18(26)8-11-21(23)22(16)14-17-6-9-19(31-5)10-7-17/h6-11,14-15,30H,12-13H2,1-5H3,(H,27,29)/b22-14-. The number of nitrogens with zero attached hydrogens (tertiary/aromatic N) is 1. The van der Waals surface area contributed by atoms with E-state index in [0.717, 1.165) is 33.4 Å². The van der Waals surface area contributed by atoms with Crippen molar-refractivity contribution >= 4 is 35.0 Å². The highest BCUT2D eigenvalue weighted by Gasteiger charge is 2.25. The van der Waals surface area contributed by atoms with Crippen LogP contribution in [0, 0.1) is 5.82 Å². The molecule has 0 saturated carbocycles. The molecule has 6 heteroatoms. The quantitative estimate of drug-likeness (QED) is 0.318. The average Bonchev–Trinajstić information content (AvgIpc) is 2.95. The number of halogens is 1. The zero-order chi connectivity index (χ0) is 22.8. The minimum absolute atomic E-state index is 0.111. The minimum Gasteiger partial charge on any atom is -0.332 e. The molecule has 1 aliphatic carbocycles. The zero-order valence-electron chi connectivity index (χ0n) is 18.6. The van der Waals surface area contributed by atoms with E-state index in [-0.39, 0.29) is 12.4 Å². The second-order valence-electron chi connectivity index (χ2n) is 8.68. The molecule has 4 nitrogen and oxygen atoms in total. The molecule has 3 rings (SSSR count). The van der Waals surface area contributed by atoms with Gasteiger partial charge in [0.1, 0.15) is 5.82 Å². The maximum Gasteiger partial charge on any atom is 0.341 e. The Morgan fingerprint density at radius 2 is 1.84 bits per heavy atom. The number of nitrogens with one attached hydrogen (secondary N) is 1. The number of hydrogen-bond acceptors (Lipinski definition) is 3. The molecular formula is C25H29FN2O2S. The summed E-state index contributed by atoms with van der Waals surface area (Å²) >= 11 is 1.69. The van der Waals surface area contributed by atoms with Gasteiger partial charge in [-0.25, -0.2) is 14.2 Å². The van der Waals surface area contributed by atoms with E-state index in [1.807, 2.05) is 34.0 Å². The number of fused-ring (bicyclic) bond motifs is 1. The lowest BCUT2D eigenvalue weighted by Crippen LogP contribution is -2.47. The van der Waals surface area contributed by atoms with Crippen molar-refractivity contribution in [1.29, 1.82) is 0 Å². The second kappa shape index (κ2) is 9.28. The summed E-state index contributed by atoms with van der Waals surface area (Å²) in [6.07, 6.45) is 4.56. The molecule has 0 aliphatic heterocycles. The molecule has 31 heavy (non-hydrogen) atoms. The number of amides is 2. The van der Waals surface area contributed by atoms with Crippen LogP contribution in [0.5, 0.6) is 0 Å². The first-order valence-electron chi connectivity index (χ1n) is 10.2. The van der Waals surface area contributed by atoms with Crippen molar-refractivity contribution in [1.82, 2.24) is 10.4 Å². The van der Waals surface area contributed by atoms with Crippen molar-refractivity contribution in [2.24, 2.45) is 0 Å². The van der Waals surface area contributed by atoms with Gasteiger partial charge in [-0.15, -0.1) is 11.8 Å². The van der Waals surface area contributed by atoms with Gasteiger partial charge in [-0.2, -0.15) is 0 Å². The largest absolute Gasteiger partial charge is 0.341 e. The molecule has 0 aromatic heterocycles. The fourth-order valence-electron chi connectivity index (χ4n) is 3.65. The highest BCUT2D eigenvalue weighted by Crippen LogP contribution is 2.43. The molecule has 0 spiro atoms. The first-order valence-corrected chi connectivity index (χ1v) is 11.5. The Labute approximate surface area is 187 Å². The predicted molar refractivity (Wildman–Crippen MR) is 126 cm³/mol. The fraction of sp³-hybridized carbons (Fsp3) is 0.320. The summed E-state index contributed by atoms with van der Waals surface area (Å²) in [6, 6.07) is 12.5. The number of urea groups is 1. The van der Waals surface area contributed by atoms with Crippen molar-refractivity contribution in [2.45, 2.75) is 44.6 Å². The summed E-state index contributed by atoms with van der Waals surface area (Å²) in [4.78, 5) is 13.4. The van der Waals surface area contributed by atoms with Crippen molar-refractivity contribution in [3.63, 3.8) is 0 Å². The number of rotatable bonds is 5. The van der Waals surface area contributed by atoms with Crippen LogP contribution < -0.4 is 5.32 Å². The number of allylic oxidation sites excluding steroid dienone is 2. The number of benzene rings is 2. The normalized spacial score (nSPS) is 14.7. The van der Waals surface area contributed by atoms with Gasteiger partial charge in [0.05, 0.1) is 6.54 Å². The highest BCUT2D eigenvalue weighted by atomic mass is 32.2. The van der Waals surface area contributed by atoms with Crippen LogP contribution in [0.15, 0.2) is 52.9 Å². The first kappa shape index (κ1) is 23.1. The predicted octanol–water partition coefficient (Wildman–Crippen LogP) is 6.46. The van der Waals surface area contributed by atoms with Crippen LogP contribution in [0.25, 0.3) is 17.2 Å². The Bertz CT molecular complexity index is 1040. The number of carbonyl (C=O) groups is 1. The molecule has 0 unspecified atom stereocenters. The molecule has 0 bridgehead atoms. The number of hydrogen-bond donors (Lipinski definition) is 2. The van der Waals surface area contributed by atoms with E-state index in [4.69, 9.17) is 0 Å². The molecule has 164 valence electrons. The van der Waals surface area contributed by atoms with Crippen LogP contribution in [0.1, 0.15) is 50.8 Å². The lowest BCUT2D eigenvalue weighted by molar-refractivity contribution is -0.0432. The van der Waals surface area contributed by atoms with Crippen LogP contribution in [0.2, 0.25) is 0 Å². The summed E-state index contributed by atoms with van der Waals surface area (Å²) in [5, 5.41) is 13.6. The molecule has 2 amide bonds. The van der Waals surface area contributed by atoms with Crippen LogP contribution >= 0.6 is 11.8 Å². The van der Waals surface area contributed by atoms with E-state index in [2.05, 4.69) is 35.7 Å². The summed E-state index contributed by atoms with van der Waals surface area (Å²) in [6.45, 7) is 7.67. The second-order valence-corrected chi connectivity index (χ2v) is 9.56. The smallest absolute Gasteiger partial charge is 0.332 e. The topological polar surface area (TPSA) is 52.6 Å². The molecule has 0 radical (unpaired) electrons. The minimum atomic E-state index is -0.548. The van der Waals surface area contributed by atoms with Crippen LogP contribution in [-0.2, 0) is 0 Å². The Morgan fingerprint density at radius 3 is 2.45 bits per heavy atom. The Hall–Kier alpha value is -2.57. The summed E-state index contributed by atoms with van der Waals surface area (Å²) < 4.78 is 14.0. The van der Waals surface area contributed by atoms with Gasteiger partial charge in [-0.1, -0.05) is 18.2 Å². The molecule has 0 heterocycles. The molecule has 1 aliphatic rings. The van der Waals surface area contributed by atoms with Gasteiger partial charge in [0.25, 0.3) is 0 Å². The monoisotopic (exact) mass is 440 g/mol. The zero-order valence-corrected chi connectivity index (χ0v) is 19.4. The fourth-order valence-corrected chi connectivity index (χ4v) is 4.06. The van der Waals surface area contributed by atoms with Crippen molar-refractivity contribution in [3.05, 3.63) is 70.5 Å². The third-order valence-electron chi connectivity index (χ3n) is 5.17. The van der Waals surface area contributed by atoms with Gasteiger partial charge in [-0.05, 0) is 104 Å². The van der Waals surface area contributed by atoms with E-state index in [0.29, 0.717) is 11.5 Å². The van der Waals surface area contributed by atoms with Crippen molar-refractivity contribution in [2.75, 3.05) is 12.8 Å². The summed E-state index contributed by atoms with van der Waals surface area (Å²) in [5.74, 6) is -0.305. The maximum absolute atomic E-state index is 14.0. The van der Waals surface area contributed by atoms with Crippen LogP contribution in [0.3, 0.4) is 0 Å². The number of hydroxylamine groups is 2. The highest BCUT2D eigenvalue weighted by molar-refractivity contribution is 7.98. The van der Waals surface area contributed by atoms with Crippen LogP contribution in [-0.4, -0.2) is 34.6 Å². The van der Waals surface area contributed by atoms with Gasteiger partial charge < -0.3 is 5.32 Å². The van der Waals surface area contributed by atoms with E-state index < -0.39 is 11.6 Å². The van der Waals surface area contributed by atoms with E-state index in [1.165, 1.54) is 17.0 Å². The van der Waals surface area contributed by atoms with Gasteiger partial charge in [-0.3, -0.25) is 5.21 Å². The average molecular weight is 441 g/mol. The lowest BCUT2D eigenvalue weighted by Gasteiger charge is -2.24. The molecule has 2 N–H and O–H groups in total. The van der Waals surface area contributed by atoms with Crippen LogP contribution in [0.4, 0.5) is 9.18 Å².